The molecule has 0 aliphatic rings. The van der Waals surface area contributed by atoms with Gasteiger partial charge in [0.05, 0.1) is 24.2 Å². The molecule has 1 atom stereocenters. The Kier molecular flexibility index (Phi) is 5.31. The van der Waals surface area contributed by atoms with E-state index in [9.17, 15) is 18.0 Å². The van der Waals surface area contributed by atoms with Gasteiger partial charge in [-0.25, -0.2) is 0 Å². The van der Waals surface area contributed by atoms with Gasteiger partial charge in [0.1, 0.15) is 0 Å². The van der Waals surface area contributed by atoms with Gasteiger partial charge in [-0.1, -0.05) is 12.1 Å². The van der Waals surface area contributed by atoms with E-state index in [1.54, 1.807) is 42.0 Å². The number of amides is 1. The van der Waals surface area contributed by atoms with Crippen LogP contribution in [0.15, 0.2) is 36.7 Å². The van der Waals surface area contributed by atoms with Crippen molar-refractivity contribution in [2.24, 2.45) is 7.05 Å². The molecule has 130 valence electrons. The van der Waals surface area contributed by atoms with Gasteiger partial charge >= 0.3 is 6.18 Å². The molecule has 0 aliphatic heterocycles. The van der Waals surface area contributed by atoms with Crippen molar-refractivity contribution in [3.8, 4) is 0 Å². The van der Waals surface area contributed by atoms with Crippen LogP contribution in [0, 0.1) is 0 Å². The third-order valence-electron chi connectivity index (χ3n) is 3.94. The Morgan fingerprint density at radius 1 is 1.38 bits per heavy atom. The third-order valence-corrected chi connectivity index (χ3v) is 3.94. The van der Waals surface area contributed by atoms with Crippen molar-refractivity contribution in [1.29, 1.82) is 0 Å². The van der Waals surface area contributed by atoms with Crippen molar-refractivity contribution in [3.63, 3.8) is 0 Å². The predicted octanol–water partition coefficient (Wildman–Crippen LogP) is 3.59. The van der Waals surface area contributed by atoms with E-state index in [0.29, 0.717) is 12.1 Å². The first kappa shape index (κ1) is 18.0. The fraction of sp³-hybridized carbons (Fsp3) is 0.412. The van der Waals surface area contributed by atoms with Crippen LogP contribution in [0.5, 0.6) is 0 Å². The minimum absolute atomic E-state index is 0.143. The number of nitrogens with zero attached hydrogens (tertiary/aromatic N) is 3. The fourth-order valence-corrected chi connectivity index (χ4v) is 2.66. The Morgan fingerprint density at radius 2 is 2.08 bits per heavy atom. The van der Waals surface area contributed by atoms with Crippen molar-refractivity contribution in [2.75, 3.05) is 6.54 Å². The lowest BCUT2D eigenvalue weighted by Gasteiger charge is -2.29. The maximum Gasteiger partial charge on any atom is 0.416 e. The molecule has 1 heterocycles. The first-order chi connectivity index (χ1) is 11.2. The molecule has 2 aromatic rings. The largest absolute Gasteiger partial charge is 0.416 e. The van der Waals surface area contributed by atoms with E-state index in [4.69, 9.17) is 0 Å². The van der Waals surface area contributed by atoms with E-state index >= 15 is 0 Å². The zero-order valence-corrected chi connectivity index (χ0v) is 13.8. The van der Waals surface area contributed by atoms with Gasteiger partial charge in [0, 0.05) is 19.8 Å². The van der Waals surface area contributed by atoms with Crippen LogP contribution in [-0.2, 0) is 24.4 Å². The second-order valence-electron chi connectivity index (χ2n) is 5.68. The van der Waals surface area contributed by atoms with Crippen LogP contribution in [-0.4, -0.2) is 27.1 Å². The molecule has 0 N–H and O–H groups in total. The van der Waals surface area contributed by atoms with E-state index in [1.165, 1.54) is 6.07 Å². The summed E-state index contributed by atoms with van der Waals surface area (Å²) < 4.78 is 40.2. The summed E-state index contributed by atoms with van der Waals surface area (Å²) in [5.41, 5.74) is 0.533. The number of carbonyl (C=O) groups excluding carboxylic acids is 1. The van der Waals surface area contributed by atoms with Gasteiger partial charge in [0.25, 0.3) is 0 Å². The molecule has 1 aromatic carbocycles. The molecule has 0 saturated heterocycles. The predicted molar refractivity (Wildman–Crippen MR) is 84.2 cm³/mol. The molecule has 0 saturated carbocycles. The number of aryl methyl sites for hydroxylation is 1. The number of alkyl halides is 3. The van der Waals surface area contributed by atoms with Crippen molar-refractivity contribution < 1.29 is 18.0 Å². The minimum Gasteiger partial charge on any atom is -0.336 e. The maximum absolute atomic E-state index is 12.9. The molecule has 0 unspecified atom stereocenters. The molecular formula is C17H20F3N3O. The number of hydrogen-bond acceptors (Lipinski definition) is 2. The second kappa shape index (κ2) is 7.07. The standard InChI is InChI=1S/C17H20F3N3O/c1-4-23(16(24)8-13-10-21-22(3)11-13)12(2)14-6-5-7-15(9-14)17(18,19)20/h5-7,9-12H,4,8H2,1-3H3/t12-/m0/s1. The molecule has 7 heteroatoms. The Hall–Kier alpha value is -2.31. The molecular weight excluding hydrogens is 319 g/mol. The van der Waals surface area contributed by atoms with Crippen LogP contribution in [0.25, 0.3) is 0 Å². The lowest BCUT2D eigenvalue weighted by atomic mass is 10.0. The Labute approximate surface area is 138 Å². The summed E-state index contributed by atoms with van der Waals surface area (Å²) in [5.74, 6) is -0.143. The number of aromatic nitrogens is 2. The summed E-state index contributed by atoms with van der Waals surface area (Å²) in [6, 6.07) is 4.67. The summed E-state index contributed by atoms with van der Waals surface area (Å²) in [6.07, 6.45) is -0.862. The van der Waals surface area contributed by atoms with E-state index in [1.807, 2.05) is 6.92 Å². The first-order valence-corrected chi connectivity index (χ1v) is 7.66. The Morgan fingerprint density at radius 3 is 2.62 bits per heavy atom. The quantitative estimate of drug-likeness (QED) is 0.835. The summed E-state index contributed by atoms with van der Waals surface area (Å²) in [5, 5.41) is 4.02. The van der Waals surface area contributed by atoms with Gasteiger partial charge in [0.2, 0.25) is 5.91 Å². The monoisotopic (exact) mass is 339 g/mol. The van der Waals surface area contributed by atoms with E-state index in [-0.39, 0.29) is 12.3 Å². The van der Waals surface area contributed by atoms with Crippen LogP contribution < -0.4 is 0 Å². The molecule has 0 spiro atoms. The lowest BCUT2D eigenvalue weighted by molar-refractivity contribution is -0.137. The molecule has 0 radical (unpaired) electrons. The Bertz CT molecular complexity index is 709. The SMILES string of the molecule is CCN(C(=O)Cc1cnn(C)c1)[C@@H](C)c1cccc(C(F)(F)F)c1. The van der Waals surface area contributed by atoms with E-state index in [2.05, 4.69) is 5.10 Å². The number of halogens is 3. The number of rotatable bonds is 5. The van der Waals surface area contributed by atoms with Crippen LogP contribution >= 0.6 is 0 Å². The average Bonchev–Trinajstić information content (AvgIpc) is 2.92. The molecule has 0 bridgehead atoms. The van der Waals surface area contributed by atoms with Crippen molar-refractivity contribution >= 4 is 5.91 Å². The van der Waals surface area contributed by atoms with Gasteiger partial charge in [-0.2, -0.15) is 18.3 Å². The van der Waals surface area contributed by atoms with Gasteiger partial charge in [-0.15, -0.1) is 0 Å². The molecule has 24 heavy (non-hydrogen) atoms. The first-order valence-electron chi connectivity index (χ1n) is 7.66. The zero-order valence-electron chi connectivity index (χ0n) is 13.8. The Balaban J connectivity index is 2.19. The number of benzene rings is 1. The molecule has 4 nitrogen and oxygen atoms in total. The molecule has 2 rings (SSSR count). The highest BCUT2D eigenvalue weighted by Crippen LogP contribution is 2.32. The highest BCUT2D eigenvalue weighted by atomic mass is 19.4. The summed E-state index contributed by atoms with van der Waals surface area (Å²) >= 11 is 0. The number of carbonyl (C=O) groups is 1. The highest BCUT2D eigenvalue weighted by molar-refractivity contribution is 5.79. The van der Waals surface area contributed by atoms with Crippen molar-refractivity contribution in [1.82, 2.24) is 14.7 Å². The number of hydrogen-bond donors (Lipinski definition) is 0. The zero-order chi connectivity index (χ0) is 17.9. The molecule has 1 amide bonds. The smallest absolute Gasteiger partial charge is 0.336 e. The fourth-order valence-electron chi connectivity index (χ4n) is 2.66. The maximum atomic E-state index is 12.9. The second-order valence-corrected chi connectivity index (χ2v) is 5.68. The van der Waals surface area contributed by atoms with Crippen LogP contribution in [0.1, 0.15) is 36.6 Å². The summed E-state index contributed by atoms with van der Waals surface area (Å²) in [6.45, 7) is 3.96. The lowest BCUT2D eigenvalue weighted by Crippen LogP contribution is -2.34. The van der Waals surface area contributed by atoms with Crippen molar-refractivity contribution in [2.45, 2.75) is 32.5 Å². The third kappa shape index (κ3) is 4.15. The van der Waals surface area contributed by atoms with Crippen LogP contribution in [0.3, 0.4) is 0 Å². The summed E-state index contributed by atoms with van der Waals surface area (Å²) in [7, 11) is 1.76. The average molecular weight is 339 g/mol. The van der Waals surface area contributed by atoms with Crippen molar-refractivity contribution in [3.05, 3.63) is 53.3 Å². The van der Waals surface area contributed by atoms with Crippen LogP contribution in [0.4, 0.5) is 13.2 Å². The number of likely N-dealkylation sites (N-methyl/N-ethyl adjacent to an activating group) is 1. The molecule has 0 aliphatic carbocycles. The van der Waals surface area contributed by atoms with Crippen LogP contribution in [0.2, 0.25) is 0 Å². The molecule has 0 fully saturated rings. The molecule has 1 aromatic heterocycles. The summed E-state index contributed by atoms with van der Waals surface area (Å²) in [4.78, 5) is 14.1. The van der Waals surface area contributed by atoms with Gasteiger partial charge in [0.15, 0.2) is 0 Å². The topological polar surface area (TPSA) is 38.1 Å². The van der Waals surface area contributed by atoms with Gasteiger partial charge in [-0.3, -0.25) is 9.48 Å². The van der Waals surface area contributed by atoms with E-state index in [0.717, 1.165) is 17.7 Å². The van der Waals surface area contributed by atoms with E-state index < -0.39 is 17.8 Å². The minimum atomic E-state index is -4.40. The highest BCUT2D eigenvalue weighted by Gasteiger charge is 2.31. The van der Waals surface area contributed by atoms with Gasteiger partial charge < -0.3 is 4.90 Å². The normalized spacial score (nSPS) is 12.9. The van der Waals surface area contributed by atoms with Gasteiger partial charge in [-0.05, 0) is 37.1 Å².